The normalized spacial score (nSPS) is 24.1. The van der Waals surface area contributed by atoms with Gasteiger partial charge in [-0.2, -0.15) is 0 Å². The van der Waals surface area contributed by atoms with Gasteiger partial charge in [-0.15, -0.1) is 10.2 Å². The predicted octanol–water partition coefficient (Wildman–Crippen LogP) is 2.87. The molecular weight excluding hydrogens is 294 g/mol. The molecule has 122 valence electrons. The van der Waals surface area contributed by atoms with Crippen molar-refractivity contribution in [2.75, 3.05) is 13.3 Å². The van der Waals surface area contributed by atoms with Gasteiger partial charge in [-0.05, 0) is 32.4 Å². The fraction of sp³-hybridized carbons (Fsp3) is 0.529. The zero-order chi connectivity index (χ0) is 15.8. The van der Waals surface area contributed by atoms with Gasteiger partial charge in [-0.25, -0.2) is 0 Å². The van der Waals surface area contributed by atoms with Crippen LogP contribution in [0.5, 0.6) is 11.5 Å². The number of hydrogen-bond donors (Lipinski definition) is 0. The Morgan fingerprint density at radius 2 is 2.17 bits per heavy atom. The van der Waals surface area contributed by atoms with E-state index in [0.717, 1.165) is 43.3 Å². The van der Waals surface area contributed by atoms with E-state index in [9.17, 15) is 0 Å². The lowest BCUT2D eigenvalue weighted by Gasteiger charge is -2.38. The third-order valence-electron chi connectivity index (χ3n) is 4.83. The summed E-state index contributed by atoms with van der Waals surface area (Å²) in [4.78, 5) is 2.46. The van der Waals surface area contributed by atoms with Crippen LogP contribution in [-0.4, -0.2) is 34.5 Å². The van der Waals surface area contributed by atoms with Gasteiger partial charge in [0.05, 0.1) is 5.92 Å². The van der Waals surface area contributed by atoms with Crippen molar-refractivity contribution in [3.63, 3.8) is 0 Å². The molecule has 6 nitrogen and oxygen atoms in total. The highest BCUT2D eigenvalue weighted by Crippen LogP contribution is 2.38. The van der Waals surface area contributed by atoms with E-state index >= 15 is 0 Å². The number of aryl methyl sites for hydroxylation is 1. The predicted molar refractivity (Wildman–Crippen MR) is 83.4 cm³/mol. The molecule has 6 heteroatoms. The molecule has 1 aromatic carbocycles. The molecule has 4 rings (SSSR count). The van der Waals surface area contributed by atoms with E-state index in [1.165, 1.54) is 5.56 Å². The van der Waals surface area contributed by atoms with Crippen molar-refractivity contribution in [3.8, 4) is 11.5 Å². The monoisotopic (exact) mass is 315 g/mol. The first kappa shape index (κ1) is 14.5. The number of nitrogens with zero attached hydrogens (tertiary/aromatic N) is 3. The standard InChI is InChI=1S/C17H21N3O3/c1-11-14(17-19-18-12(2)23-17)6-4-8-20(11)9-13-5-3-7-15-16(13)22-10-21-15/h3,5,7,11,14H,4,6,8-10H2,1-2H3/t11-,14-/m0/s1. The maximum absolute atomic E-state index is 5.67. The Morgan fingerprint density at radius 1 is 1.26 bits per heavy atom. The summed E-state index contributed by atoms with van der Waals surface area (Å²) in [5.74, 6) is 3.42. The topological polar surface area (TPSA) is 60.6 Å². The van der Waals surface area contributed by atoms with Crippen LogP contribution in [0.3, 0.4) is 0 Å². The van der Waals surface area contributed by atoms with Crippen molar-refractivity contribution in [1.82, 2.24) is 15.1 Å². The molecule has 2 atom stereocenters. The molecular formula is C17H21N3O3. The first-order chi connectivity index (χ1) is 11.2. The van der Waals surface area contributed by atoms with E-state index < -0.39 is 0 Å². The maximum atomic E-state index is 5.67. The van der Waals surface area contributed by atoms with Crippen LogP contribution in [0.4, 0.5) is 0 Å². The number of aromatic nitrogens is 2. The first-order valence-corrected chi connectivity index (χ1v) is 8.14. The molecule has 0 amide bonds. The average Bonchev–Trinajstić information content (AvgIpc) is 3.18. The number of likely N-dealkylation sites (tertiary alicyclic amines) is 1. The van der Waals surface area contributed by atoms with Gasteiger partial charge in [-0.3, -0.25) is 4.90 Å². The summed E-state index contributed by atoms with van der Waals surface area (Å²) in [7, 11) is 0. The first-order valence-electron chi connectivity index (χ1n) is 8.14. The van der Waals surface area contributed by atoms with Crippen LogP contribution >= 0.6 is 0 Å². The lowest BCUT2D eigenvalue weighted by molar-refractivity contribution is 0.116. The fourth-order valence-corrected chi connectivity index (χ4v) is 3.56. The second kappa shape index (κ2) is 5.85. The van der Waals surface area contributed by atoms with Gasteiger partial charge in [0, 0.05) is 25.1 Å². The highest BCUT2D eigenvalue weighted by molar-refractivity contribution is 5.48. The van der Waals surface area contributed by atoms with Crippen LogP contribution < -0.4 is 9.47 Å². The summed E-state index contributed by atoms with van der Waals surface area (Å²) in [5, 5.41) is 8.21. The van der Waals surface area contributed by atoms with Gasteiger partial charge < -0.3 is 13.9 Å². The van der Waals surface area contributed by atoms with Crippen molar-refractivity contribution >= 4 is 0 Å². The molecule has 0 bridgehead atoms. The Labute approximate surface area is 135 Å². The molecule has 3 heterocycles. The van der Waals surface area contributed by atoms with E-state index in [1.807, 2.05) is 19.1 Å². The van der Waals surface area contributed by atoms with Crippen LogP contribution in [0, 0.1) is 6.92 Å². The molecule has 0 aliphatic carbocycles. The molecule has 1 fully saturated rings. The molecule has 0 radical (unpaired) electrons. The minimum absolute atomic E-state index is 0.291. The van der Waals surface area contributed by atoms with E-state index in [1.54, 1.807) is 0 Å². The van der Waals surface area contributed by atoms with Gasteiger partial charge in [0.25, 0.3) is 0 Å². The zero-order valence-electron chi connectivity index (χ0n) is 13.5. The summed E-state index contributed by atoms with van der Waals surface area (Å²) in [6.07, 6.45) is 2.22. The Hall–Kier alpha value is -2.08. The van der Waals surface area contributed by atoms with Crippen molar-refractivity contribution in [1.29, 1.82) is 0 Å². The second-order valence-electron chi connectivity index (χ2n) is 6.27. The Balaban J connectivity index is 1.54. The van der Waals surface area contributed by atoms with E-state index in [2.05, 4.69) is 28.1 Å². The summed E-state index contributed by atoms with van der Waals surface area (Å²) < 4.78 is 16.8. The van der Waals surface area contributed by atoms with Crippen LogP contribution in [0.25, 0.3) is 0 Å². The van der Waals surface area contributed by atoms with Crippen molar-refractivity contribution in [2.24, 2.45) is 0 Å². The van der Waals surface area contributed by atoms with E-state index in [4.69, 9.17) is 13.9 Å². The van der Waals surface area contributed by atoms with Gasteiger partial charge in [0.1, 0.15) is 0 Å². The van der Waals surface area contributed by atoms with Gasteiger partial charge in [0.15, 0.2) is 11.5 Å². The molecule has 0 spiro atoms. The SMILES string of the molecule is Cc1nnc([C@H]2CCCN(Cc3cccc4c3OCO4)[C@H]2C)o1. The molecule has 2 aliphatic heterocycles. The minimum Gasteiger partial charge on any atom is -0.454 e. The molecule has 2 aromatic rings. The fourth-order valence-electron chi connectivity index (χ4n) is 3.56. The molecule has 2 aliphatic rings. The summed E-state index contributed by atoms with van der Waals surface area (Å²) in [5.41, 5.74) is 1.18. The minimum atomic E-state index is 0.291. The average molecular weight is 315 g/mol. The molecule has 1 aromatic heterocycles. The third-order valence-corrected chi connectivity index (χ3v) is 4.83. The number of para-hydroxylation sites is 1. The summed E-state index contributed by atoms with van der Waals surface area (Å²) in [6, 6.07) is 6.44. The van der Waals surface area contributed by atoms with Crippen LogP contribution in [0.15, 0.2) is 22.6 Å². The molecule has 1 saturated heterocycles. The lowest BCUT2D eigenvalue weighted by Crippen LogP contribution is -2.41. The maximum Gasteiger partial charge on any atom is 0.231 e. The molecule has 0 unspecified atom stereocenters. The summed E-state index contributed by atoms with van der Waals surface area (Å²) >= 11 is 0. The number of fused-ring (bicyclic) bond motifs is 1. The quantitative estimate of drug-likeness (QED) is 0.868. The van der Waals surface area contributed by atoms with Crippen molar-refractivity contribution in [3.05, 3.63) is 35.5 Å². The smallest absolute Gasteiger partial charge is 0.231 e. The number of piperidine rings is 1. The van der Waals surface area contributed by atoms with Crippen LogP contribution in [-0.2, 0) is 6.54 Å². The highest BCUT2D eigenvalue weighted by atomic mass is 16.7. The van der Waals surface area contributed by atoms with Crippen molar-refractivity contribution in [2.45, 2.75) is 45.2 Å². The lowest BCUT2D eigenvalue weighted by atomic mass is 9.89. The highest BCUT2D eigenvalue weighted by Gasteiger charge is 2.33. The second-order valence-corrected chi connectivity index (χ2v) is 6.27. The number of rotatable bonds is 3. The number of benzene rings is 1. The van der Waals surface area contributed by atoms with Gasteiger partial charge in [0.2, 0.25) is 18.6 Å². The number of hydrogen-bond acceptors (Lipinski definition) is 6. The molecule has 0 N–H and O–H groups in total. The van der Waals surface area contributed by atoms with E-state index in [-0.39, 0.29) is 0 Å². The van der Waals surface area contributed by atoms with E-state index in [0.29, 0.717) is 24.6 Å². The Kier molecular flexibility index (Phi) is 3.69. The Bertz CT molecular complexity index is 700. The molecule has 0 saturated carbocycles. The number of ether oxygens (including phenoxy) is 2. The molecule has 23 heavy (non-hydrogen) atoms. The zero-order valence-corrected chi connectivity index (χ0v) is 13.5. The Morgan fingerprint density at radius 3 is 3.00 bits per heavy atom. The van der Waals surface area contributed by atoms with Crippen molar-refractivity contribution < 1.29 is 13.9 Å². The van der Waals surface area contributed by atoms with Gasteiger partial charge in [-0.1, -0.05) is 12.1 Å². The van der Waals surface area contributed by atoms with Crippen LogP contribution in [0.1, 0.15) is 43.0 Å². The van der Waals surface area contributed by atoms with Gasteiger partial charge >= 0.3 is 0 Å². The largest absolute Gasteiger partial charge is 0.454 e. The third kappa shape index (κ3) is 2.67. The van der Waals surface area contributed by atoms with Crippen LogP contribution in [0.2, 0.25) is 0 Å². The summed E-state index contributed by atoms with van der Waals surface area (Å²) in [6.45, 7) is 6.30.